The van der Waals surface area contributed by atoms with Gasteiger partial charge in [-0.1, -0.05) is 0 Å². The molecule has 1 fully saturated rings. The molecule has 0 saturated carbocycles. The smallest absolute Gasteiger partial charge is 0.420 e. The number of aryl methyl sites for hydroxylation is 2. The van der Waals surface area contributed by atoms with E-state index in [9.17, 15) is 22.8 Å². The summed E-state index contributed by atoms with van der Waals surface area (Å²) < 4.78 is 49.5. The Labute approximate surface area is 228 Å². The molecule has 2 amide bonds. The number of carbonyl (C=O) groups is 2. The molecule has 1 aliphatic rings. The van der Waals surface area contributed by atoms with Gasteiger partial charge in [-0.2, -0.15) is 18.3 Å². The summed E-state index contributed by atoms with van der Waals surface area (Å²) in [4.78, 5) is 33.5. The Morgan fingerprint density at radius 2 is 1.73 bits per heavy atom. The van der Waals surface area contributed by atoms with E-state index in [0.29, 0.717) is 37.4 Å². The number of hydrogen-bond acceptors (Lipinski definition) is 6. The molecule has 1 N–H and O–H groups in total. The number of halogens is 3. The maximum absolute atomic E-state index is 13.7. The van der Waals surface area contributed by atoms with E-state index >= 15 is 0 Å². The van der Waals surface area contributed by atoms with Gasteiger partial charge < -0.3 is 24.3 Å². The highest BCUT2D eigenvalue weighted by atomic mass is 19.4. The first-order valence-electron chi connectivity index (χ1n) is 12.8. The van der Waals surface area contributed by atoms with E-state index < -0.39 is 23.2 Å². The predicted molar refractivity (Wildman–Crippen MR) is 144 cm³/mol. The number of pyridine rings is 1. The molecule has 0 bridgehead atoms. The Kier molecular flexibility index (Phi) is 6.63. The van der Waals surface area contributed by atoms with Crippen molar-refractivity contribution in [3.05, 3.63) is 53.6 Å². The molecule has 3 aromatic heterocycles. The van der Waals surface area contributed by atoms with Crippen LogP contribution in [0.25, 0.3) is 16.6 Å². The molecule has 4 aromatic rings. The SMILES string of the molecule is Cc1cn2cc(NC(=O)c3ccc(N4CCN(C(=O)OC(C)(C)C)CC4)c4cn(C)nc34)cc(C(F)(F)F)c2n1. The second-order valence-corrected chi connectivity index (χ2v) is 10.9. The highest BCUT2D eigenvalue weighted by Gasteiger charge is 2.35. The summed E-state index contributed by atoms with van der Waals surface area (Å²) in [6.45, 7) is 9.12. The first kappa shape index (κ1) is 27.3. The number of imidazole rings is 1. The van der Waals surface area contributed by atoms with Crippen LogP contribution in [-0.4, -0.2) is 67.8 Å². The van der Waals surface area contributed by atoms with Gasteiger partial charge in [-0.3, -0.25) is 9.48 Å². The average molecular weight is 558 g/mol. The third kappa shape index (κ3) is 5.40. The van der Waals surface area contributed by atoms with Gasteiger partial charge in [0.15, 0.2) is 0 Å². The number of carbonyl (C=O) groups excluding carboxylic acids is 2. The number of rotatable bonds is 3. The van der Waals surface area contributed by atoms with Gasteiger partial charge in [-0.15, -0.1) is 0 Å². The lowest BCUT2D eigenvalue weighted by Gasteiger charge is -2.37. The van der Waals surface area contributed by atoms with Crippen molar-refractivity contribution in [1.82, 2.24) is 24.1 Å². The number of nitrogens with one attached hydrogen (secondary N) is 1. The van der Waals surface area contributed by atoms with Gasteiger partial charge in [0, 0.05) is 62.9 Å². The molecule has 0 atom stereocenters. The number of aromatic nitrogens is 4. The van der Waals surface area contributed by atoms with Crippen LogP contribution in [0.3, 0.4) is 0 Å². The first-order chi connectivity index (χ1) is 18.7. The molecule has 0 spiro atoms. The van der Waals surface area contributed by atoms with Crippen molar-refractivity contribution in [2.24, 2.45) is 7.05 Å². The summed E-state index contributed by atoms with van der Waals surface area (Å²) in [5.74, 6) is -0.589. The van der Waals surface area contributed by atoms with Crippen LogP contribution >= 0.6 is 0 Å². The topological polar surface area (TPSA) is 97.0 Å². The quantitative estimate of drug-likeness (QED) is 0.387. The van der Waals surface area contributed by atoms with Crippen molar-refractivity contribution in [3.8, 4) is 0 Å². The lowest BCUT2D eigenvalue weighted by Crippen LogP contribution is -2.50. The maximum atomic E-state index is 13.7. The van der Waals surface area contributed by atoms with Crippen LogP contribution in [-0.2, 0) is 18.0 Å². The van der Waals surface area contributed by atoms with Gasteiger partial charge in [-0.05, 0) is 45.9 Å². The molecule has 10 nitrogen and oxygen atoms in total. The Morgan fingerprint density at radius 1 is 1.02 bits per heavy atom. The fourth-order valence-corrected chi connectivity index (χ4v) is 4.82. The summed E-state index contributed by atoms with van der Waals surface area (Å²) in [5, 5.41) is 7.80. The molecule has 1 aromatic carbocycles. The van der Waals surface area contributed by atoms with E-state index in [1.54, 1.807) is 41.9 Å². The minimum atomic E-state index is -4.65. The lowest BCUT2D eigenvalue weighted by atomic mass is 10.1. The maximum Gasteiger partial charge on any atom is 0.420 e. The summed E-state index contributed by atoms with van der Waals surface area (Å²) in [5.41, 5.74) is 0.140. The molecular formula is C27H30F3N7O3. The zero-order valence-corrected chi connectivity index (χ0v) is 22.8. The van der Waals surface area contributed by atoms with E-state index in [1.165, 1.54) is 16.8 Å². The predicted octanol–water partition coefficient (Wildman–Crippen LogP) is 4.86. The number of benzene rings is 1. The van der Waals surface area contributed by atoms with Crippen LogP contribution in [0.5, 0.6) is 0 Å². The molecule has 4 heterocycles. The molecule has 0 radical (unpaired) electrons. The van der Waals surface area contributed by atoms with Crippen LogP contribution in [0.15, 0.2) is 36.8 Å². The minimum Gasteiger partial charge on any atom is -0.444 e. The zero-order chi connectivity index (χ0) is 29.0. The Bertz CT molecular complexity index is 1610. The van der Waals surface area contributed by atoms with E-state index in [0.717, 1.165) is 17.1 Å². The average Bonchev–Trinajstić information content (AvgIpc) is 3.42. The van der Waals surface area contributed by atoms with Crippen LogP contribution < -0.4 is 10.2 Å². The van der Waals surface area contributed by atoms with Crippen LogP contribution in [0, 0.1) is 6.92 Å². The fraction of sp³-hybridized carbons (Fsp3) is 0.407. The van der Waals surface area contributed by atoms with Gasteiger partial charge in [0.25, 0.3) is 5.91 Å². The van der Waals surface area contributed by atoms with Gasteiger partial charge in [-0.25, -0.2) is 9.78 Å². The highest BCUT2D eigenvalue weighted by molar-refractivity contribution is 6.14. The number of alkyl halides is 3. The molecule has 1 aliphatic heterocycles. The number of fused-ring (bicyclic) bond motifs is 2. The van der Waals surface area contributed by atoms with Crippen molar-refractivity contribution >= 4 is 39.9 Å². The van der Waals surface area contributed by atoms with E-state index in [2.05, 4.69) is 20.3 Å². The lowest BCUT2D eigenvalue weighted by molar-refractivity contribution is -0.136. The number of ether oxygens (including phenoxy) is 1. The Morgan fingerprint density at radius 3 is 2.38 bits per heavy atom. The van der Waals surface area contributed by atoms with E-state index in [1.807, 2.05) is 20.8 Å². The monoisotopic (exact) mass is 557 g/mol. The molecule has 0 unspecified atom stereocenters. The molecule has 13 heteroatoms. The number of anilines is 2. The van der Waals surface area contributed by atoms with Gasteiger partial charge >= 0.3 is 12.3 Å². The van der Waals surface area contributed by atoms with Crippen molar-refractivity contribution in [2.75, 3.05) is 36.4 Å². The van der Waals surface area contributed by atoms with Crippen molar-refractivity contribution in [2.45, 2.75) is 39.5 Å². The second kappa shape index (κ2) is 9.72. The third-order valence-corrected chi connectivity index (χ3v) is 6.52. The minimum absolute atomic E-state index is 0.0198. The number of nitrogens with zero attached hydrogens (tertiary/aromatic N) is 6. The summed E-state index contributed by atoms with van der Waals surface area (Å²) in [6, 6.07) is 4.30. The van der Waals surface area contributed by atoms with Gasteiger partial charge in [0.05, 0.1) is 16.9 Å². The summed E-state index contributed by atoms with van der Waals surface area (Å²) >= 11 is 0. The van der Waals surface area contributed by atoms with Crippen molar-refractivity contribution in [3.63, 3.8) is 0 Å². The first-order valence-corrected chi connectivity index (χ1v) is 12.8. The van der Waals surface area contributed by atoms with Gasteiger partial charge in [0.2, 0.25) is 0 Å². The van der Waals surface area contributed by atoms with Gasteiger partial charge in [0.1, 0.15) is 22.3 Å². The highest BCUT2D eigenvalue weighted by Crippen LogP contribution is 2.35. The fourth-order valence-electron chi connectivity index (χ4n) is 4.82. The van der Waals surface area contributed by atoms with Crippen LogP contribution in [0.1, 0.15) is 42.4 Å². The third-order valence-electron chi connectivity index (χ3n) is 6.52. The van der Waals surface area contributed by atoms with E-state index in [4.69, 9.17) is 4.74 Å². The molecule has 1 saturated heterocycles. The number of amides is 2. The molecule has 5 rings (SSSR count). The van der Waals surface area contributed by atoms with Crippen molar-refractivity contribution < 1.29 is 27.5 Å². The van der Waals surface area contributed by atoms with Crippen molar-refractivity contribution in [1.29, 1.82) is 0 Å². The largest absolute Gasteiger partial charge is 0.444 e. The van der Waals surface area contributed by atoms with E-state index in [-0.39, 0.29) is 23.0 Å². The second-order valence-electron chi connectivity index (χ2n) is 10.9. The normalized spacial score (nSPS) is 14.7. The van der Waals surface area contributed by atoms with Crippen LogP contribution in [0.4, 0.5) is 29.3 Å². The summed E-state index contributed by atoms with van der Waals surface area (Å²) in [6.07, 6.45) is -0.346. The standard InChI is InChI=1S/C27H30F3N7O3/c1-16-13-37-14-17(12-20(23(37)31-16)27(28,29)30)32-24(38)18-6-7-21(19-15-34(5)33-22(18)19)35-8-10-36(11-9-35)25(39)40-26(2,3)4/h6-7,12-15H,8-11H2,1-5H3,(H,32,38). The van der Waals surface area contributed by atoms with Crippen LogP contribution in [0.2, 0.25) is 0 Å². The zero-order valence-electron chi connectivity index (χ0n) is 22.8. The Balaban J connectivity index is 1.40. The molecule has 212 valence electrons. The summed E-state index contributed by atoms with van der Waals surface area (Å²) in [7, 11) is 1.73. The number of piperazine rings is 1. The Hall–Kier alpha value is -4.29. The molecular weight excluding hydrogens is 527 g/mol. The number of hydrogen-bond donors (Lipinski definition) is 1. The molecule has 40 heavy (non-hydrogen) atoms. The molecule has 0 aliphatic carbocycles.